The quantitative estimate of drug-likeness (QED) is 0.796. The molecule has 1 aliphatic carbocycles. The van der Waals surface area contributed by atoms with Gasteiger partial charge in [-0.05, 0) is 41.3 Å². The van der Waals surface area contributed by atoms with E-state index in [0.29, 0.717) is 0 Å². The Bertz CT molecular complexity index is 555. The fourth-order valence-corrected chi connectivity index (χ4v) is 4.29. The van der Waals surface area contributed by atoms with Crippen LogP contribution in [0.15, 0.2) is 35.7 Å². The summed E-state index contributed by atoms with van der Waals surface area (Å²) in [5, 5.41) is 2.77. The SMILES string of the molecule is NC(c1ccc(C2CCCCC2)cc1)c1sccc1Cl. The summed E-state index contributed by atoms with van der Waals surface area (Å²) in [6, 6.07) is 10.7. The second-order valence-electron chi connectivity index (χ2n) is 5.61. The summed E-state index contributed by atoms with van der Waals surface area (Å²) in [4.78, 5) is 1.05. The smallest absolute Gasteiger partial charge is 0.0661 e. The highest BCUT2D eigenvalue weighted by atomic mass is 35.5. The van der Waals surface area contributed by atoms with E-state index in [0.717, 1.165) is 21.4 Å². The van der Waals surface area contributed by atoms with Crippen molar-refractivity contribution >= 4 is 22.9 Å². The van der Waals surface area contributed by atoms with Gasteiger partial charge in [0.2, 0.25) is 0 Å². The molecule has 106 valence electrons. The summed E-state index contributed by atoms with van der Waals surface area (Å²) in [7, 11) is 0. The molecule has 1 unspecified atom stereocenters. The van der Waals surface area contributed by atoms with Gasteiger partial charge in [-0.2, -0.15) is 0 Å². The van der Waals surface area contributed by atoms with Crippen LogP contribution in [-0.4, -0.2) is 0 Å². The molecule has 3 heteroatoms. The number of benzene rings is 1. The summed E-state index contributed by atoms with van der Waals surface area (Å²) >= 11 is 7.80. The van der Waals surface area contributed by atoms with Crippen LogP contribution in [0.5, 0.6) is 0 Å². The number of halogens is 1. The van der Waals surface area contributed by atoms with Gasteiger partial charge in [-0.15, -0.1) is 11.3 Å². The molecule has 0 spiro atoms. The molecule has 1 heterocycles. The Balaban J connectivity index is 1.77. The molecule has 0 saturated heterocycles. The number of nitrogens with two attached hydrogens (primary N) is 1. The van der Waals surface area contributed by atoms with E-state index in [1.165, 1.54) is 37.7 Å². The van der Waals surface area contributed by atoms with Crippen LogP contribution in [0.4, 0.5) is 0 Å². The van der Waals surface area contributed by atoms with Gasteiger partial charge < -0.3 is 5.73 Å². The van der Waals surface area contributed by atoms with Crippen LogP contribution >= 0.6 is 22.9 Å². The Kier molecular flexibility index (Phi) is 4.45. The van der Waals surface area contributed by atoms with Crippen molar-refractivity contribution in [1.29, 1.82) is 0 Å². The van der Waals surface area contributed by atoms with Crippen LogP contribution in [0.1, 0.15) is 60.1 Å². The molecule has 2 N–H and O–H groups in total. The highest BCUT2D eigenvalue weighted by molar-refractivity contribution is 7.10. The normalized spacial score (nSPS) is 18.1. The lowest BCUT2D eigenvalue weighted by atomic mass is 9.83. The monoisotopic (exact) mass is 305 g/mol. The van der Waals surface area contributed by atoms with Crippen molar-refractivity contribution in [3.63, 3.8) is 0 Å². The zero-order chi connectivity index (χ0) is 13.9. The van der Waals surface area contributed by atoms with Gasteiger partial charge in [-0.25, -0.2) is 0 Å². The minimum atomic E-state index is -0.108. The van der Waals surface area contributed by atoms with E-state index in [-0.39, 0.29) is 6.04 Å². The molecule has 20 heavy (non-hydrogen) atoms. The van der Waals surface area contributed by atoms with Crippen LogP contribution < -0.4 is 5.73 Å². The van der Waals surface area contributed by atoms with Crippen LogP contribution in [0, 0.1) is 0 Å². The van der Waals surface area contributed by atoms with Gasteiger partial charge >= 0.3 is 0 Å². The molecule has 0 amide bonds. The number of hydrogen-bond donors (Lipinski definition) is 1. The maximum Gasteiger partial charge on any atom is 0.0661 e. The average molecular weight is 306 g/mol. The van der Waals surface area contributed by atoms with Gasteiger partial charge in [0.1, 0.15) is 0 Å². The molecule has 3 rings (SSSR count). The molecule has 1 fully saturated rings. The predicted octanol–water partition coefficient (Wildman–Crippen LogP) is 5.50. The minimum absolute atomic E-state index is 0.108. The lowest BCUT2D eigenvalue weighted by Crippen LogP contribution is -2.11. The van der Waals surface area contributed by atoms with Crippen molar-refractivity contribution in [2.45, 2.75) is 44.1 Å². The van der Waals surface area contributed by atoms with Crippen molar-refractivity contribution in [3.05, 3.63) is 56.7 Å². The predicted molar refractivity (Wildman–Crippen MR) is 87.6 cm³/mol. The minimum Gasteiger partial charge on any atom is -0.320 e. The lowest BCUT2D eigenvalue weighted by Gasteiger charge is -2.22. The molecule has 1 aromatic heterocycles. The van der Waals surface area contributed by atoms with E-state index in [9.17, 15) is 0 Å². The summed E-state index contributed by atoms with van der Waals surface area (Å²) in [5.41, 5.74) is 8.93. The molecule has 1 aliphatic rings. The van der Waals surface area contributed by atoms with Crippen molar-refractivity contribution in [3.8, 4) is 0 Å². The first-order valence-corrected chi connectivity index (χ1v) is 8.60. The first kappa shape index (κ1) is 14.1. The summed E-state index contributed by atoms with van der Waals surface area (Å²) < 4.78 is 0. The fraction of sp³-hybridized carbons (Fsp3) is 0.412. The third-order valence-corrected chi connectivity index (χ3v) is 5.74. The molecule has 0 aliphatic heterocycles. The maximum atomic E-state index is 6.32. The Morgan fingerprint density at radius 2 is 1.75 bits per heavy atom. The number of rotatable bonds is 3. The summed E-state index contributed by atoms with van der Waals surface area (Å²) in [5.74, 6) is 0.749. The maximum absolute atomic E-state index is 6.32. The van der Waals surface area contributed by atoms with E-state index in [1.807, 2.05) is 11.4 Å². The zero-order valence-electron chi connectivity index (χ0n) is 11.5. The van der Waals surface area contributed by atoms with Crippen molar-refractivity contribution < 1.29 is 0 Å². The molecular formula is C17H20ClNS. The molecule has 1 nitrogen and oxygen atoms in total. The lowest BCUT2D eigenvalue weighted by molar-refractivity contribution is 0.443. The second-order valence-corrected chi connectivity index (χ2v) is 6.97. The standard InChI is InChI=1S/C17H20ClNS/c18-15-10-11-20-17(15)16(19)14-8-6-13(7-9-14)12-4-2-1-3-5-12/h6-12,16H,1-5,19H2. The number of hydrogen-bond acceptors (Lipinski definition) is 2. The molecule has 1 atom stereocenters. The zero-order valence-corrected chi connectivity index (χ0v) is 13.1. The Morgan fingerprint density at radius 1 is 1.05 bits per heavy atom. The molecular weight excluding hydrogens is 286 g/mol. The highest BCUT2D eigenvalue weighted by Gasteiger charge is 2.17. The van der Waals surface area contributed by atoms with Crippen LogP contribution in [0.25, 0.3) is 0 Å². The van der Waals surface area contributed by atoms with E-state index in [2.05, 4.69) is 24.3 Å². The second kappa shape index (κ2) is 6.30. The van der Waals surface area contributed by atoms with Crippen LogP contribution in [-0.2, 0) is 0 Å². The van der Waals surface area contributed by atoms with Gasteiger partial charge in [-0.1, -0.05) is 55.1 Å². The van der Waals surface area contributed by atoms with Gasteiger partial charge in [0, 0.05) is 4.88 Å². The summed E-state index contributed by atoms with van der Waals surface area (Å²) in [6.45, 7) is 0. The molecule has 1 saturated carbocycles. The first-order chi connectivity index (χ1) is 9.75. The Morgan fingerprint density at radius 3 is 2.35 bits per heavy atom. The van der Waals surface area contributed by atoms with Crippen molar-refractivity contribution in [2.24, 2.45) is 5.73 Å². The Labute approximate surface area is 129 Å². The van der Waals surface area contributed by atoms with Gasteiger partial charge in [0.05, 0.1) is 11.1 Å². The summed E-state index contributed by atoms with van der Waals surface area (Å²) in [6.07, 6.45) is 6.81. The van der Waals surface area contributed by atoms with Gasteiger partial charge in [0.15, 0.2) is 0 Å². The highest BCUT2D eigenvalue weighted by Crippen LogP contribution is 2.35. The van der Waals surface area contributed by atoms with Crippen molar-refractivity contribution in [1.82, 2.24) is 0 Å². The van der Waals surface area contributed by atoms with E-state index >= 15 is 0 Å². The van der Waals surface area contributed by atoms with E-state index < -0.39 is 0 Å². The van der Waals surface area contributed by atoms with E-state index in [4.69, 9.17) is 17.3 Å². The molecule has 0 bridgehead atoms. The average Bonchev–Trinajstić information content (AvgIpc) is 2.94. The van der Waals surface area contributed by atoms with Gasteiger partial charge in [-0.3, -0.25) is 0 Å². The van der Waals surface area contributed by atoms with Crippen molar-refractivity contribution in [2.75, 3.05) is 0 Å². The first-order valence-electron chi connectivity index (χ1n) is 7.34. The van der Waals surface area contributed by atoms with Crippen LogP contribution in [0.3, 0.4) is 0 Å². The molecule has 1 aromatic carbocycles. The molecule has 0 radical (unpaired) electrons. The van der Waals surface area contributed by atoms with Gasteiger partial charge in [0.25, 0.3) is 0 Å². The Hall–Kier alpha value is -0.830. The topological polar surface area (TPSA) is 26.0 Å². The van der Waals surface area contributed by atoms with E-state index in [1.54, 1.807) is 11.3 Å². The van der Waals surface area contributed by atoms with Crippen LogP contribution in [0.2, 0.25) is 5.02 Å². The third kappa shape index (κ3) is 2.93. The number of thiophene rings is 1. The fourth-order valence-electron chi connectivity index (χ4n) is 3.09. The molecule has 2 aromatic rings. The largest absolute Gasteiger partial charge is 0.320 e. The third-order valence-electron chi connectivity index (χ3n) is 4.30.